The number of esters is 1. The van der Waals surface area contributed by atoms with E-state index in [2.05, 4.69) is 25.9 Å². The Hall–Kier alpha value is -2.90. The molecule has 1 heterocycles. The molecule has 0 fully saturated rings. The van der Waals surface area contributed by atoms with E-state index in [1.807, 2.05) is 24.3 Å². The summed E-state index contributed by atoms with van der Waals surface area (Å²) >= 11 is 0. The monoisotopic (exact) mass is 375 g/mol. The lowest BCUT2D eigenvalue weighted by molar-refractivity contribution is -0.386. The highest BCUT2D eigenvalue weighted by atomic mass is 16.6. The Labute approximate surface area is 158 Å². The van der Waals surface area contributed by atoms with E-state index < -0.39 is 10.9 Å². The maximum Gasteiger partial charge on any atom is 0.327 e. The summed E-state index contributed by atoms with van der Waals surface area (Å²) in [5.41, 5.74) is 1.80. The van der Waals surface area contributed by atoms with Crippen molar-refractivity contribution in [3.8, 4) is 5.75 Å². The summed E-state index contributed by atoms with van der Waals surface area (Å²) in [5.74, 6) is 0.176. The van der Waals surface area contributed by atoms with E-state index in [1.165, 1.54) is 17.2 Å². The highest BCUT2D eigenvalue weighted by molar-refractivity contribution is 5.69. The quantitative estimate of drug-likeness (QED) is 0.319. The SMILES string of the molecule is Cc1nn(CC(=O)OCCOc2ccc(C(C)(C)C)cc2)c(C)c1[N+](=O)[O-]. The van der Waals surface area contributed by atoms with Crippen LogP contribution in [0.5, 0.6) is 5.75 Å². The first-order valence-corrected chi connectivity index (χ1v) is 8.67. The molecule has 0 amide bonds. The topological polar surface area (TPSA) is 96.5 Å². The Morgan fingerprint density at radius 1 is 1.19 bits per heavy atom. The summed E-state index contributed by atoms with van der Waals surface area (Å²) < 4.78 is 12.0. The van der Waals surface area contributed by atoms with Gasteiger partial charge in [-0.15, -0.1) is 0 Å². The van der Waals surface area contributed by atoms with Crippen LogP contribution in [0.4, 0.5) is 5.69 Å². The molecule has 0 saturated carbocycles. The Morgan fingerprint density at radius 3 is 2.33 bits per heavy atom. The van der Waals surface area contributed by atoms with E-state index in [-0.39, 0.29) is 36.6 Å². The Kier molecular flexibility index (Phi) is 6.20. The smallest absolute Gasteiger partial charge is 0.327 e. The first-order chi connectivity index (χ1) is 12.6. The van der Waals surface area contributed by atoms with E-state index in [0.29, 0.717) is 11.4 Å². The number of benzene rings is 1. The molecule has 0 radical (unpaired) electrons. The molecular weight excluding hydrogens is 350 g/mol. The normalized spacial score (nSPS) is 11.3. The minimum Gasteiger partial charge on any atom is -0.490 e. The molecule has 2 aromatic rings. The first kappa shape index (κ1) is 20.4. The number of rotatable bonds is 7. The number of hydrogen-bond acceptors (Lipinski definition) is 6. The van der Waals surface area contributed by atoms with E-state index in [9.17, 15) is 14.9 Å². The van der Waals surface area contributed by atoms with Gasteiger partial charge in [0.1, 0.15) is 36.9 Å². The summed E-state index contributed by atoms with van der Waals surface area (Å²) in [6, 6.07) is 7.79. The molecule has 0 bridgehead atoms. The maximum atomic E-state index is 11.9. The van der Waals surface area contributed by atoms with Crippen molar-refractivity contribution < 1.29 is 19.2 Å². The zero-order chi connectivity index (χ0) is 20.2. The molecule has 0 aliphatic carbocycles. The number of carbonyl (C=O) groups excluding carboxylic acids is 1. The third kappa shape index (κ3) is 5.29. The summed E-state index contributed by atoms with van der Waals surface area (Å²) in [4.78, 5) is 22.4. The molecule has 1 aromatic heterocycles. The highest BCUT2D eigenvalue weighted by Gasteiger charge is 2.23. The molecule has 0 saturated heterocycles. The van der Waals surface area contributed by atoms with E-state index >= 15 is 0 Å². The van der Waals surface area contributed by atoms with Gasteiger partial charge in [-0.2, -0.15) is 5.10 Å². The number of hydrogen-bond donors (Lipinski definition) is 0. The fraction of sp³-hybridized carbons (Fsp3) is 0.474. The predicted octanol–water partition coefficient (Wildman–Crippen LogP) is 3.33. The fourth-order valence-corrected chi connectivity index (χ4v) is 2.64. The van der Waals surface area contributed by atoms with Crippen LogP contribution >= 0.6 is 0 Å². The van der Waals surface area contributed by atoms with Gasteiger partial charge in [0.25, 0.3) is 0 Å². The first-order valence-electron chi connectivity index (χ1n) is 8.67. The molecule has 0 N–H and O–H groups in total. The standard InChI is InChI=1S/C19H25N3O5/c1-13-18(22(24)25)14(2)21(20-13)12-17(23)27-11-10-26-16-8-6-15(7-9-16)19(3,4)5/h6-9H,10-12H2,1-5H3. The lowest BCUT2D eigenvalue weighted by atomic mass is 9.87. The summed E-state index contributed by atoms with van der Waals surface area (Å²) in [6.45, 7) is 9.63. The van der Waals surface area contributed by atoms with E-state index in [0.717, 1.165) is 0 Å². The van der Waals surface area contributed by atoms with Crippen LogP contribution in [0.3, 0.4) is 0 Å². The minimum absolute atomic E-state index is 0.0755. The van der Waals surface area contributed by atoms with Gasteiger partial charge in [0.2, 0.25) is 0 Å². The Balaban J connectivity index is 1.80. The number of nitro groups is 1. The van der Waals surface area contributed by atoms with Crippen molar-refractivity contribution in [1.29, 1.82) is 0 Å². The second-order valence-corrected chi connectivity index (χ2v) is 7.28. The van der Waals surface area contributed by atoms with Gasteiger partial charge < -0.3 is 9.47 Å². The van der Waals surface area contributed by atoms with Crippen LogP contribution in [0.25, 0.3) is 0 Å². The number of carbonyl (C=O) groups is 1. The van der Waals surface area contributed by atoms with Crippen molar-refractivity contribution in [2.24, 2.45) is 0 Å². The van der Waals surface area contributed by atoms with Crippen molar-refractivity contribution in [1.82, 2.24) is 9.78 Å². The van der Waals surface area contributed by atoms with Gasteiger partial charge in [-0.1, -0.05) is 32.9 Å². The number of aromatic nitrogens is 2. The number of aryl methyl sites for hydroxylation is 1. The lowest BCUT2D eigenvalue weighted by Gasteiger charge is -2.19. The van der Waals surface area contributed by atoms with Gasteiger partial charge in [0, 0.05) is 0 Å². The van der Waals surface area contributed by atoms with E-state index in [4.69, 9.17) is 9.47 Å². The molecule has 8 heteroatoms. The van der Waals surface area contributed by atoms with Gasteiger partial charge in [-0.3, -0.25) is 19.6 Å². The summed E-state index contributed by atoms with van der Waals surface area (Å²) in [7, 11) is 0. The predicted molar refractivity (Wildman–Crippen MR) is 100.0 cm³/mol. The minimum atomic E-state index is -0.526. The molecule has 27 heavy (non-hydrogen) atoms. The molecule has 1 aromatic carbocycles. The largest absolute Gasteiger partial charge is 0.490 e. The highest BCUT2D eigenvalue weighted by Crippen LogP contribution is 2.24. The number of nitrogens with zero attached hydrogens (tertiary/aromatic N) is 3. The van der Waals surface area contributed by atoms with Crippen molar-refractivity contribution in [2.45, 2.75) is 46.6 Å². The van der Waals surface area contributed by atoms with Crippen molar-refractivity contribution in [3.63, 3.8) is 0 Å². The van der Waals surface area contributed by atoms with Crippen molar-refractivity contribution in [3.05, 3.63) is 51.3 Å². The van der Waals surface area contributed by atoms with Gasteiger partial charge in [0.15, 0.2) is 0 Å². The zero-order valence-electron chi connectivity index (χ0n) is 16.3. The van der Waals surface area contributed by atoms with Gasteiger partial charge in [-0.25, -0.2) is 0 Å². The van der Waals surface area contributed by atoms with Crippen LogP contribution in [-0.2, 0) is 21.5 Å². The van der Waals surface area contributed by atoms with Crippen LogP contribution < -0.4 is 4.74 Å². The molecule has 0 spiro atoms. The molecule has 0 unspecified atom stereocenters. The number of ether oxygens (including phenoxy) is 2. The summed E-state index contributed by atoms with van der Waals surface area (Å²) in [5, 5.41) is 15.0. The molecule has 146 valence electrons. The van der Waals surface area contributed by atoms with Gasteiger partial charge in [-0.05, 0) is 37.0 Å². The Morgan fingerprint density at radius 2 is 1.81 bits per heavy atom. The van der Waals surface area contributed by atoms with Crippen molar-refractivity contribution in [2.75, 3.05) is 13.2 Å². The average Bonchev–Trinajstić information content (AvgIpc) is 2.85. The molecule has 8 nitrogen and oxygen atoms in total. The Bertz CT molecular complexity index is 819. The second-order valence-electron chi connectivity index (χ2n) is 7.28. The van der Waals surface area contributed by atoms with E-state index in [1.54, 1.807) is 6.92 Å². The molecular formula is C19H25N3O5. The molecule has 0 aliphatic heterocycles. The average molecular weight is 375 g/mol. The third-order valence-electron chi connectivity index (χ3n) is 4.14. The van der Waals surface area contributed by atoms with Crippen LogP contribution in [0, 0.1) is 24.0 Å². The maximum absolute atomic E-state index is 11.9. The summed E-state index contributed by atoms with van der Waals surface area (Å²) in [6.07, 6.45) is 0. The van der Waals surface area contributed by atoms with Crippen LogP contribution in [-0.4, -0.2) is 33.9 Å². The lowest BCUT2D eigenvalue weighted by Crippen LogP contribution is -2.18. The zero-order valence-corrected chi connectivity index (χ0v) is 16.3. The molecule has 0 atom stereocenters. The molecule has 0 aliphatic rings. The second kappa shape index (κ2) is 8.20. The molecule has 2 rings (SSSR count). The van der Waals surface area contributed by atoms with Crippen LogP contribution in [0.2, 0.25) is 0 Å². The van der Waals surface area contributed by atoms with Crippen molar-refractivity contribution >= 4 is 11.7 Å². The van der Waals surface area contributed by atoms with Crippen LogP contribution in [0.1, 0.15) is 37.7 Å². The third-order valence-corrected chi connectivity index (χ3v) is 4.14. The van der Waals surface area contributed by atoms with Gasteiger partial charge >= 0.3 is 11.7 Å². The fourth-order valence-electron chi connectivity index (χ4n) is 2.64. The van der Waals surface area contributed by atoms with Gasteiger partial charge in [0.05, 0.1) is 4.92 Å². The van der Waals surface area contributed by atoms with Crippen LogP contribution in [0.15, 0.2) is 24.3 Å².